The minimum atomic E-state index is -4.23. The smallest absolute Gasteiger partial charge is 0.337 e. The second-order valence-corrected chi connectivity index (χ2v) is 2.15. The average molecular weight is 180 g/mol. The molecule has 0 aromatic heterocycles. The molecule has 0 aliphatic heterocycles. The van der Waals surface area contributed by atoms with E-state index in [9.17, 15) is 23.2 Å². The van der Waals surface area contributed by atoms with Crippen LogP contribution in [0.3, 0.4) is 0 Å². The molecule has 0 amide bonds. The first-order valence-electron chi connectivity index (χ1n) is 2.90. The van der Waals surface area contributed by atoms with Crippen molar-refractivity contribution in [1.29, 1.82) is 0 Å². The van der Waals surface area contributed by atoms with E-state index in [-0.39, 0.29) is 6.29 Å². The fraction of sp³-hybridized carbons (Fsp3) is 0.500. The predicted molar refractivity (Wildman–Crippen MR) is 32.7 cm³/mol. The molecule has 6 heteroatoms. The van der Waals surface area contributed by atoms with Crippen LogP contribution in [0.15, 0.2) is 0 Å². The molecule has 1 atom stereocenters. The molecule has 0 saturated heterocycles. The van der Waals surface area contributed by atoms with Crippen molar-refractivity contribution in [2.24, 2.45) is 0 Å². The van der Waals surface area contributed by atoms with Crippen molar-refractivity contribution >= 4 is 18.9 Å². The van der Waals surface area contributed by atoms with Crippen LogP contribution in [0.2, 0.25) is 0 Å². The monoisotopic (exact) mass is 180 g/mol. The first kappa shape index (κ1) is 10.8. The summed E-state index contributed by atoms with van der Waals surface area (Å²) >= 11 is 0. The van der Waals surface area contributed by atoms with E-state index in [1.54, 1.807) is 0 Å². The standard InChI is InChI=1S/C6H6F2O4/c7-6(8,4-11)5(12,3-10)1-2-9/h2-4,12H,1H2. The minimum Gasteiger partial charge on any atom is -0.376 e. The van der Waals surface area contributed by atoms with Gasteiger partial charge < -0.3 is 9.90 Å². The van der Waals surface area contributed by atoms with Gasteiger partial charge in [0, 0.05) is 6.42 Å². The van der Waals surface area contributed by atoms with Crippen LogP contribution in [-0.4, -0.2) is 35.5 Å². The third kappa shape index (κ3) is 1.70. The van der Waals surface area contributed by atoms with Crippen molar-refractivity contribution in [2.45, 2.75) is 17.9 Å². The summed E-state index contributed by atoms with van der Waals surface area (Å²) in [4.78, 5) is 29.5. The van der Waals surface area contributed by atoms with Gasteiger partial charge in [0.2, 0.25) is 0 Å². The Morgan fingerprint density at radius 1 is 1.17 bits per heavy atom. The largest absolute Gasteiger partial charge is 0.376 e. The summed E-state index contributed by atoms with van der Waals surface area (Å²) < 4.78 is 24.8. The third-order valence-corrected chi connectivity index (χ3v) is 1.31. The van der Waals surface area contributed by atoms with Crippen molar-refractivity contribution < 1.29 is 28.3 Å². The molecule has 0 heterocycles. The summed E-state index contributed by atoms with van der Waals surface area (Å²) in [7, 11) is 0. The van der Waals surface area contributed by atoms with Crippen LogP contribution in [0, 0.1) is 0 Å². The van der Waals surface area contributed by atoms with Crippen LogP contribution in [0.25, 0.3) is 0 Å². The Labute approximate surface area is 66.2 Å². The third-order valence-electron chi connectivity index (χ3n) is 1.31. The molecule has 68 valence electrons. The summed E-state index contributed by atoms with van der Waals surface area (Å²) in [6, 6.07) is 0. The molecule has 0 aliphatic rings. The maximum Gasteiger partial charge on any atom is 0.337 e. The van der Waals surface area contributed by atoms with E-state index in [4.69, 9.17) is 5.11 Å². The van der Waals surface area contributed by atoms with E-state index in [2.05, 4.69) is 0 Å². The molecule has 4 nitrogen and oxygen atoms in total. The highest BCUT2D eigenvalue weighted by molar-refractivity contribution is 5.79. The Kier molecular flexibility index (Phi) is 3.15. The number of hydrogen-bond acceptors (Lipinski definition) is 4. The molecular weight excluding hydrogens is 174 g/mol. The Bertz CT molecular complexity index is 204. The van der Waals surface area contributed by atoms with Gasteiger partial charge in [0.1, 0.15) is 6.29 Å². The molecule has 0 aromatic carbocycles. The highest BCUT2D eigenvalue weighted by Gasteiger charge is 2.52. The zero-order chi connectivity index (χ0) is 9.83. The number of aldehydes is 3. The Hall–Kier alpha value is -1.17. The van der Waals surface area contributed by atoms with Crippen LogP contribution < -0.4 is 0 Å². The molecule has 0 saturated carbocycles. The maximum atomic E-state index is 12.4. The lowest BCUT2D eigenvalue weighted by Gasteiger charge is -2.24. The van der Waals surface area contributed by atoms with Crippen molar-refractivity contribution in [2.75, 3.05) is 0 Å². The predicted octanol–water partition coefficient (Wildman–Crippen LogP) is -0.660. The molecule has 1 unspecified atom stereocenters. The zero-order valence-corrected chi connectivity index (χ0v) is 5.87. The van der Waals surface area contributed by atoms with Gasteiger partial charge in [-0.15, -0.1) is 0 Å². The molecule has 0 radical (unpaired) electrons. The van der Waals surface area contributed by atoms with E-state index in [1.807, 2.05) is 0 Å². The maximum absolute atomic E-state index is 12.4. The molecule has 12 heavy (non-hydrogen) atoms. The van der Waals surface area contributed by atoms with Gasteiger partial charge in [-0.1, -0.05) is 0 Å². The quantitative estimate of drug-likeness (QED) is 0.570. The summed E-state index contributed by atoms with van der Waals surface area (Å²) in [5.41, 5.74) is -3.21. The molecule has 0 fully saturated rings. The summed E-state index contributed by atoms with van der Waals surface area (Å²) in [6.07, 6.45) is -2.56. The van der Waals surface area contributed by atoms with Crippen LogP contribution in [0.1, 0.15) is 6.42 Å². The Morgan fingerprint density at radius 3 is 1.92 bits per heavy atom. The van der Waals surface area contributed by atoms with E-state index in [0.717, 1.165) is 0 Å². The van der Waals surface area contributed by atoms with Gasteiger partial charge >= 0.3 is 5.92 Å². The highest BCUT2D eigenvalue weighted by Crippen LogP contribution is 2.27. The molecule has 0 spiro atoms. The zero-order valence-electron chi connectivity index (χ0n) is 5.87. The van der Waals surface area contributed by atoms with Gasteiger partial charge in [-0.25, -0.2) is 0 Å². The molecule has 0 aliphatic carbocycles. The summed E-state index contributed by atoms with van der Waals surface area (Å²) in [5, 5.41) is 8.77. The highest BCUT2D eigenvalue weighted by atomic mass is 19.3. The van der Waals surface area contributed by atoms with Gasteiger partial charge in [-0.3, -0.25) is 9.59 Å². The van der Waals surface area contributed by atoms with Gasteiger partial charge in [-0.2, -0.15) is 8.78 Å². The Morgan fingerprint density at radius 2 is 1.67 bits per heavy atom. The summed E-state index contributed by atoms with van der Waals surface area (Å²) in [5.74, 6) is -4.23. The van der Waals surface area contributed by atoms with Crippen molar-refractivity contribution in [3.8, 4) is 0 Å². The molecule has 0 rings (SSSR count). The van der Waals surface area contributed by atoms with Crippen LogP contribution in [0.5, 0.6) is 0 Å². The Balaban J connectivity index is 4.83. The van der Waals surface area contributed by atoms with Gasteiger partial charge in [0.15, 0.2) is 18.2 Å². The van der Waals surface area contributed by atoms with E-state index in [0.29, 0.717) is 0 Å². The lowest BCUT2D eigenvalue weighted by atomic mass is 9.95. The van der Waals surface area contributed by atoms with E-state index < -0.39 is 30.5 Å². The number of hydrogen-bond donors (Lipinski definition) is 1. The first-order chi connectivity index (χ1) is 5.43. The average Bonchev–Trinajstić information content (AvgIpc) is 2.04. The van der Waals surface area contributed by atoms with Gasteiger partial charge in [-0.05, 0) is 0 Å². The van der Waals surface area contributed by atoms with Crippen LogP contribution in [-0.2, 0) is 14.4 Å². The number of aliphatic hydroxyl groups is 1. The molecule has 0 aromatic rings. The van der Waals surface area contributed by atoms with Gasteiger partial charge in [0.25, 0.3) is 0 Å². The molecule has 0 bridgehead atoms. The van der Waals surface area contributed by atoms with Crippen molar-refractivity contribution in [1.82, 2.24) is 0 Å². The number of carbonyl (C=O) groups is 3. The lowest BCUT2D eigenvalue weighted by Crippen LogP contribution is -2.51. The number of carbonyl (C=O) groups excluding carboxylic acids is 3. The molecular formula is C6H6F2O4. The fourth-order valence-corrected chi connectivity index (χ4v) is 0.492. The van der Waals surface area contributed by atoms with E-state index >= 15 is 0 Å². The summed E-state index contributed by atoms with van der Waals surface area (Å²) in [6.45, 7) is 0. The normalized spacial score (nSPS) is 16.2. The first-order valence-corrected chi connectivity index (χ1v) is 2.90. The minimum absolute atomic E-state index is 0.0637. The second kappa shape index (κ2) is 3.48. The van der Waals surface area contributed by atoms with Crippen LogP contribution >= 0.6 is 0 Å². The van der Waals surface area contributed by atoms with Crippen LogP contribution in [0.4, 0.5) is 8.78 Å². The number of rotatable bonds is 5. The topological polar surface area (TPSA) is 71.4 Å². The van der Waals surface area contributed by atoms with E-state index in [1.165, 1.54) is 0 Å². The van der Waals surface area contributed by atoms with Crippen molar-refractivity contribution in [3.05, 3.63) is 0 Å². The van der Waals surface area contributed by atoms with Gasteiger partial charge in [0.05, 0.1) is 0 Å². The fourth-order valence-electron chi connectivity index (χ4n) is 0.492. The number of halogens is 2. The van der Waals surface area contributed by atoms with Crippen molar-refractivity contribution in [3.63, 3.8) is 0 Å². The SMILES string of the molecule is O=CCC(O)(C=O)C(F)(F)C=O. The molecule has 1 N–H and O–H groups in total. The number of alkyl halides is 2. The lowest BCUT2D eigenvalue weighted by molar-refractivity contribution is -0.180. The second-order valence-electron chi connectivity index (χ2n) is 2.15.